The second-order valence-corrected chi connectivity index (χ2v) is 4.68. The lowest BCUT2D eigenvalue weighted by Crippen LogP contribution is -2.04. The Morgan fingerprint density at radius 3 is 2.50 bits per heavy atom. The fraction of sp³-hybridized carbons (Fsp3) is 0.125. The highest BCUT2D eigenvalue weighted by Gasteiger charge is 2.12. The molecule has 4 nitrogen and oxygen atoms in total. The molecule has 1 N–H and O–H groups in total. The second kappa shape index (κ2) is 5.17. The molecule has 0 amide bonds. The third-order valence-electron chi connectivity index (χ3n) is 3.23. The van der Waals surface area contributed by atoms with Crippen molar-refractivity contribution in [2.75, 3.05) is 0 Å². The molecule has 0 aliphatic carbocycles. The molecule has 3 rings (SSSR count). The maximum Gasteiger partial charge on any atom is 0.309 e. The van der Waals surface area contributed by atoms with Gasteiger partial charge in [-0.15, -0.1) is 0 Å². The van der Waals surface area contributed by atoms with E-state index in [1.165, 1.54) is 0 Å². The number of fused-ring (bicyclic) bond motifs is 1. The molecular weight excluding hydrogens is 252 g/mol. The second-order valence-electron chi connectivity index (χ2n) is 4.68. The summed E-state index contributed by atoms with van der Waals surface area (Å²) in [6.07, 6.45) is -0.0533. The Labute approximate surface area is 116 Å². The van der Waals surface area contributed by atoms with Gasteiger partial charge < -0.3 is 5.11 Å². The molecule has 1 aromatic heterocycles. The number of aromatic nitrogens is 2. The average Bonchev–Trinajstić information content (AvgIpc) is 2.78. The zero-order valence-electron chi connectivity index (χ0n) is 10.9. The van der Waals surface area contributed by atoms with Crippen LogP contribution in [-0.4, -0.2) is 20.9 Å². The topological polar surface area (TPSA) is 55.1 Å². The number of carboxylic acids is 1. The molecule has 0 radical (unpaired) electrons. The van der Waals surface area contributed by atoms with Crippen LogP contribution in [0.3, 0.4) is 0 Å². The van der Waals surface area contributed by atoms with Gasteiger partial charge in [0, 0.05) is 5.39 Å². The number of nitrogens with zero attached hydrogens (tertiary/aromatic N) is 2. The molecule has 3 aromatic rings. The summed E-state index contributed by atoms with van der Waals surface area (Å²) in [5.41, 5.74) is 2.72. The number of aliphatic carboxylic acids is 1. The Balaban J connectivity index is 2.04. The van der Waals surface area contributed by atoms with Crippen LogP contribution in [0.25, 0.3) is 10.9 Å². The molecule has 0 spiro atoms. The number of rotatable bonds is 4. The Hall–Kier alpha value is -2.62. The molecule has 4 heteroatoms. The van der Waals surface area contributed by atoms with Gasteiger partial charge in [-0.2, -0.15) is 5.10 Å². The number of hydrogen-bond donors (Lipinski definition) is 1. The van der Waals surface area contributed by atoms with Gasteiger partial charge in [0.15, 0.2) is 0 Å². The van der Waals surface area contributed by atoms with Gasteiger partial charge in [-0.3, -0.25) is 9.48 Å². The van der Waals surface area contributed by atoms with Gasteiger partial charge in [-0.1, -0.05) is 48.5 Å². The van der Waals surface area contributed by atoms with Crippen molar-refractivity contribution < 1.29 is 9.90 Å². The van der Waals surface area contributed by atoms with E-state index in [9.17, 15) is 4.79 Å². The van der Waals surface area contributed by atoms with E-state index in [1.807, 2.05) is 59.3 Å². The van der Waals surface area contributed by atoms with Crippen LogP contribution < -0.4 is 0 Å². The van der Waals surface area contributed by atoms with Crippen LogP contribution in [0.5, 0.6) is 0 Å². The number of para-hydroxylation sites is 1. The van der Waals surface area contributed by atoms with Crippen molar-refractivity contribution in [3.8, 4) is 0 Å². The van der Waals surface area contributed by atoms with Crippen LogP contribution in [-0.2, 0) is 17.8 Å². The lowest BCUT2D eigenvalue weighted by atomic mass is 10.1. The SMILES string of the molecule is O=C(O)Cc1nn(Cc2ccccc2)c2ccccc12. The summed E-state index contributed by atoms with van der Waals surface area (Å²) < 4.78 is 1.86. The third-order valence-corrected chi connectivity index (χ3v) is 3.23. The molecule has 0 saturated heterocycles. The van der Waals surface area contributed by atoms with Gasteiger partial charge in [-0.25, -0.2) is 0 Å². The number of carboxylic acid groups (broad SMARTS) is 1. The monoisotopic (exact) mass is 266 g/mol. The minimum Gasteiger partial charge on any atom is -0.481 e. The maximum absolute atomic E-state index is 10.9. The van der Waals surface area contributed by atoms with E-state index in [4.69, 9.17) is 5.11 Å². The van der Waals surface area contributed by atoms with Crippen molar-refractivity contribution in [2.45, 2.75) is 13.0 Å². The van der Waals surface area contributed by atoms with E-state index in [0.29, 0.717) is 12.2 Å². The van der Waals surface area contributed by atoms with E-state index in [-0.39, 0.29) is 6.42 Å². The van der Waals surface area contributed by atoms with Crippen molar-refractivity contribution in [3.05, 3.63) is 65.9 Å². The summed E-state index contributed by atoms with van der Waals surface area (Å²) in [6, 6.07) is 17.7. The van der Waals surface area contributed by atoms with Gasteiger partial charge >= 0.3 is 5.97 Å². The molecular formula is C16H14N2O2. The van der Waals surface area contributed by atoms with Gasteiger partial charge in [-0.05, 0) is 11.6 Å². The predicted molar refractivity (Wildman–Crippen MR) is 76.6 cm³/mol. The maximum atomic E-state index is 10.9. The van der Waals surface area contributed by atoms with Gasteiger partial charge in [0.2, 0.25) is 0 Å². The largest absolute Gasteiger partial charge is 0.481 e. The summed E-state index contributed by atoms with van der Waals surface area (Å²) in [7, 11) is 0. The van der Waals surface area contributed by atoms with Gasteiger partial charge in [0.1, 0.15) is 0 Å². The fourth-order valence-corrected chi connectivity index (χ4v) is 2.35. The zero-order valence-corrected chi connectivity index (χ0v) is 10.9. The summed E-state index contributed by atoms with van der Waals surface area (Å²) in [4.78, 5) is 10.9. The first-order valence-electron chi connectivity index (χ1n) is 6.44. The molecule has 0 bridgehead atoms. The number of benzene rings is 2. The third kappa shape index (κ3) is 2.40. The number of carbonyl (C=O) groups is 1. The Morgan fingerprint density at radius 1 is 1.05 bits per heavy atom. The number of hydrogen-bond acceptors (Lipinski definition) is 2. The Kier molecular flexibility index (Phi) is 3.21. The zero-order chi connectivity index (χ0) is 13.9. The minimum absolute atomic E-state index is 0.0533. The van der Waals surface area contributed by atoms with Gasteiger partial charge in [0.05, 0.1) is 24.2 Å². The van der Waals surface area contributed by atoms with Crippen molar-refractivity contribution in [2.24, 2.45) is 0 Å². The van der Waals surface area contributed by atoms with Crippen molar-refractivity contribution in [1.82, 2.24) is 9.78 Å². The highest BCUT2D eigenvalue weighted by Crippen LogP contribution is 2.20. The molecule has 2 aromatic carbocycles. The van der Waals surface area contributed by atoms with Crippen LogP contribution in [0.1, 0.15) is 11.3 Å². The van der Waals surface area contributed by atoms with E-state index in [2.05, 4.69) is 5.10 Å². The van der Waals surface area contributed by atoms with Crippen LogP contribution in [0, 0.1) is 0 Å². The van der Waals surface area contributed by atoms with E-state index < -0.39 is 5.97 Å². The van der Waals surface area contributed by atoms with Crippen LogP contribution in [0.4, 0.5) is 0 Å². The standard InChI is InChI=1S/C16H14N2O2/c19-16(20)10-14-13-8-4-5-9-15(13)18(17-14)11-12-6-2-1-3-7-12/h1-9H,10-11H2,(H,19,20). The van der Waals surface area contributed by atoms with Crippen LogP contribution in [0.15, 0.2) is 54.6 Å². The molecule has 0 fully saturated rings. The molecule has 1 heterocycles. The van der Waals surface area contributed by atoms with Crippen molar-refractivity contribution >= 4 is 16.9 Å². The van der Waals surface area contributed by atoms with Crippen molar-refractivity contribution in [3.63, 3.8) is 0 Å². The van der Waals surface area contributed by atoms with Crippen LogP contribution >= 0.6 is 0 Å². The summed E-state index contributed by atoms with van der Waals surface area (Å²) in [5.74, 6) is -0.861. The first kappa shape index (κ1) is 12.4. The molecule has 0 unspecified atom stereocenters. The van der Waals surface area contributed by atoms with E-state index in [1.54, 1.807) is 0 Å². The molecule has 0 saturated carbocycles. The summed E-state index contributed by atoms with van der Waals surface area (Å²) in [6.45, 7) is 0.640. The molecule has 0 atom stereocenters. The Bertz CT molecular complexity index is 748. The average molecular weight is 266 g/mol. The van der Waals surface area contributed by atoms with E-state index in [0.717, 1.165) is 16.5 Å². The molecule has 20 heavy (non-hydrogen) atoms. The highest BCUT2D eigenvalue weighted by atomic mass is 16.4. The molecule has 0 aliphatic rings. The summed E-state index contributed by atoms with van der Waals surface area (Å²) in [5, 5.41) is 14.3. The Morgan fingerprint density at radius 2 is 1.75 bits per heavy atom. The van der Waals surface area contributed by atoms with Crippen molar-refractivity contribution in [1.29, 1.82) is 0 Å². The quantitative estimate of drug-likeness (QED) is 0.790. The fourth-order valence-electron chi connectivity index (χ4n) is 2.35. The first-order valence-corrected chi connectivity index (χ1v) is 6.44. The van der Waals surface area contributed by atoms with Gasteiger partial charge in [0.25, 0.3) is 0 Å². The van der Waals surface area contributed by atoms with E-state index >= 15 is 0 Å². The molecule has 100 valence electrons. The first-order chi connectivity index (χ1) is 9.74. The minimum atomic E-state index is -0.861. The normalized spacial score (nSPS) is 10.8. The molecule has 0 aliphatic heterocycles. The summed E-state index contributed by atoms with van der Waals surface area (Å²) >= 11 is 0. The smallest absolute Gasteiger partial charge is 0.309 e. The lowest BCUT2D eigenvalue weighted by Gasteiger charge is -2.03. The lowest BCUT2D eigenvalue weighted by molar-refractivity contribution is -0.136. The predicted octanol–water partition coefficient (Wildman–Crippen LogP) is 2.71. The highest BCUT2D eigenvalue weighted by molar-refractivity contribution is 5.85. The van der Waals surface area contributed by atoms with Crippen LogP contribution in [0.2, 0.25) is 0 Å².